The third-order valence-electron chi connectivity index (χ3n) is 3.14. The van der Waals surface area contributed by atoms with Crippen molar-refractivity contribution in [3.05, 3.63) is 53.2 Å². The summed E-state index contributed by atoms with van der Waals surface area (Å²) in [6.07, 6.45) is 2.18. The second-order valence-corrected chi connectivity index (χ2v) is 4.66. The van der Waals surface area contributed by atoms with Crippen LogP contribution in [0.5, 0.6) is 0 Å². The largest absolute Gasteiger partial charge is 0.360 e. The van der Waals surface area contributed by atoms with Gasteiger partial charge in [0.1, 0.15) is 11.6 Å². The van der Waals surface area contributed by atoms with E-state index in [2.05, 4.69) is 10.5 Å². The molecule has 1 aromatic carbocycles. The predicted molar refractivity (Wildman–Crippen MR) is 66.0 cm³/mol. The lowest BCUT2D eigenvalue weighted by molar-refractivity contribution is 0.0941. The Morgan fingerprint density at radius 1 is 1.42 bits per heavy atom. The maximum Gasteiger partial charge on any atom is 0.273 e. The van der Waals surface area contributed by atoms with Crippen LogP contribution in [-0.2, 0) is 6.54 Å². The van der Waals surface area contributed by atoms with Crippen molar-refractivity contribution in [1.82, 2.24) is 10.5 Å². The number of hydrogen-bond donors (Lipinski definition) is 1. The number of rotatable bonds is 4. The van der Waals surface area contributed by atoms with Crippen LogP contribution in [0.2, 0.25) is 0 Å². The van der Waals surface area contributed by atoms with E-state index in [4.69, 9.17) is 4.52 Å². The highest BCUT2D eigenvalue weighted by atomic mass is 19.1. The van der Waals surface area contributed by atoms with Gasteiger partial charge in [0.15, 0.2) is 5.69 Å². The molecule has 0 spiro atoms. The van der Waals surface area contributed by atoms with E-state index in [1.54, 1.807) is 24.3 Å². The minimum Gasteiger partial charge on any atom is -0.360 e. The molecule has 1 aromatic heterocycles. The van der Waals surface area contributed by atoms with Gasteiger partial charge in [0.25, 0.3) is 5.91 Å². The third kappa shape index (κ3) is 2.65. The van der Waals surface area contributed by atoms with Crippen molar-refractivity contribution in [2.45, 2.75) is 25.3 Å². The molecule has 0 unspecified atom stereocenters. The zero-order chi connectivity index (χ0) is 13.2. The number of hydrogen-bond acceptors (Lipinski definition) is 3. The van der Waals surface area contributed by atoms with Crippen molar-refractivity contribution in [3.8, 4) is 0 Å². The fraction of sp³-hybridized carbons (Fsp3) is 0.286. The Balaban J connectivity index is 1.63. The maximum absolute atomic E-state index is 13.4. The standard InChI is InChI=1S/C14H13FN2O2/c15-11-4-2-1-3-10(11)8-16-14(18)12-7-13(19-17-12)9-5-6-9/h1-4,7,9H,5-6,8H2,(H,16,18). The van der Waals surface area contributed by atoms with Gasteiger partial charge in [-0.2, -0.15) is 0 Å². The Morgan fingerprint density at radius 2 is 2.21 bits per heavy atom. The zero-order valence-corrected chi connectivity index (χ0v) is 10.2. The lowest BCUT2D eigenvalue weighted by Gasteiger charge is -2.03. The molecule has 1 saturated carbocycles. The highest BCUT2D eigenvalue weighted by molar-refractivity contribution is 5.92. The molecule has 1 fully saturated rings. The molecule has 0 saturated heterocycles. The highest BCUT2D eigenvalue weighted by Crippen LogP contribution is 2.40. The van der Waals surface area contributed by atoms with Gasteiger partial charge in [0.2, 0.25) is 0 Å². The van der Waals surface area contributed by atoms with E-state index in [0.29, 0.717) is 11.5 Å². The number of carbonyl (C=O) groups is 1. The van der Waals surface area contributed by atoms with Crippen molar-refractivity contribution in [1.29, 1.82) is 0 Å². The molecule has 98 valence electrons. The van der Waals surface area contributed by atoms with Crippen LogP contribution >= 0.6 is 0 Å². The molecule has 0 bridgehead atoms. The number of amides is 1. The van der Waals surface area contributed by atoms with E-state index >= 15 is 0 Å². The average molecular weight is 260 g/mol. The van der Waals surface area contributed by atoms with Gasteiger partial charge in [0, 0.05) is 24.1 Å². The van der Waals surface area contributed by atoms with Gasteiger partial charge in [-0.05, 0) is 18.9 Å². The van der Waals surface area contributed by atoms with Gasteiger partial charge in [-0.1, -0.05) is 23.4 Å². The second-order valence-electron chi connectivity index (χ2n) is 4.66. The van der Waals surface area contributed by atoms with E-state index in [0.717, 1.165) is 18.6 Å². The first kappa shape index (κ1) is 11.9. The normalized spacial score (nSPS) is 14.4. The lowest BCUT2D eigenvalue weighted by Crippen LogP contribution is -2.23. The summed E-state index contributed by atoms with van der Waals surface area (Å²) in [5.74, 6) is 0.497. The fourth-order valence-corrected chi connectivity index (χ4v) is 1.86. The molecule has 3 rings (SSSR count). The first-order chi connectivity index (χ1) is 9.24. The van der Waals surface area contributed by atoms with Gasteiger partial charge in [-0.25, -0.2) is 4.39 Å². The first-order valence-electron chi connectivity index (χ1n) is 6.22. The summed E-state index contributed by atoms with van der Waals surface area (Å²) in [7, 11) is 0. The number of carbonyl (C=O) groups excluding carboxylic acids is 1. The number of aromatic nitrogens is 1. The Labute approximate surface area is 109 Å². The molecule has 0 radical (unpaired) electrons. The quantitative estimate of drug-likeness (QED) is 0.919. The molecule has 2 aromatic rings. The van der Waals surface area contributed by atoms with E-state index in [1.165, 1.54) is 6.07 Å². The van der Waals surface area contributed by atoms with E-state index in [1.807, 2.05) is 0 Å². The lowest BCUT2D eigenvalue weighted by atomic mass is 10.2. The fourth-order valence-electron chi connectivity index (χ4n) is 1.86. The Hall–Kier alpha value is -2.17. The van der Waals surface area contributed by atoms with Crippen LogP contribution in [0.3, 0.4) is 0 Å². The summed E-state index contributed by atoms with van der Waals surface area (Å²) < 4.78 is 18.5. The Bertz CT molecular complexity index is 605. The molecular formula is C14H13FN2O2. The van der Waals surface area contributed by atoms with Crippen LogP contribution in [0.25, 0.3) is 0 Å². The van der Waals surface area contributed by atoms with Crippen LogP contribution < -0.4 is 5.32 Å². The molecule has 1 aliphatic rings. The maximum atomic E-state index is 13.4. The molecule has 0 aliphatic heterocycles. The summed E-state index contributed by atoms with van der Waals surface area (Å²) in [5, 5.41) is 6.36. The van der Waals surface area contributed by atoms with E-state index < -0.39 is 0 Å². The van der Waals surface area contributed by atoms with Crippen LogP contribution in [0.15, 0.2) is 34.9 Å². The van der Waals surface area contributed by atoms with Crippen molar-refractivity contribution < 1.29 is 13.7 Å². The monoisotopic (exact) mass is 260 g/mol. The van der Waals surface area contributed by atoms with Gasteiger partial charge < -0.3 is 9.84 Å². The van der Waals surface area contributed by atoms with Crippen LogP contribution in [0.4, 0.5) is 4.39 Å². The summed E-state index contributed by atoms with van der Waals surface area (Å²) in [6.45, 7) is 0.136. The van der Waals surface area contributed by atoms with Gasteiger partial charge in [-0.3, -0.25) is 4.79 Å². The molecule has 4 nitrogen and oxygen atoms in total. The molecule has 1 N–H and O–H groups in total. The minimum absolute atomic E-state index is 0.136. The number of halogens is 1. The summed E-state index contributed by atoms with van der Waals surface area (Å²) in [6, 6.07) is 8.00. The highest BCUT2D eigenvalue weighted by Gasteiger charge is 2.28. The van der Waals surface area contributed by atoms with Crippen molar-refractivity contribution >= 4 is 5.91 Å². The van der Waals surface area contributed by atoms with E-state index in [9.17, 15) is 9.18 Å². The molecular weight excluding hydrogens is 247 g/mol. The number of nitrogens with one attached hydrogen (secondary N) is 1. The molecule has 1 aliphatic carbocycles. The molecule has 1 amide bonds. The van der Waals surface area contributed by atoms with Gasteiger partial charge in [0.05, 0.1) is 0 Å². The first-order valence-corrected chi connectivity index (χ1v) is 6.22. The summed E-state index contributed by atoms with van der Waals surface area (Å²) in [5.41, 5.74) is 0.694. The smallest absolute Gasteiger partial charge is 0.273 e. The number of benzene rings is 1. The number of nitrogens with zero attached hydrogens (tertiary/aromatic N) is 1. The summed E-state index contributed by atoms with van der Waals surface area (Å²) in [4.78, 5) is 11.8. The SMILES string of the molecule is O=C(NCc1ccccc1F)c1cc(C2CC2)on1. The Kier molecular flexibility index (Phi) is 3.03. The molecule has 5 heteroatoms. The van der Waals surface area contributed by atoms with Crippen molar-refractivity contribution in [3.63, 3.8) is 0 Å². The van der Waals surface area contributed by atoms with Crippen LogP contribution in [-0.4, -0.2) is 11.1 Å². The predicted octanol–water partition coefficient (Wildman–Crippen LogP) is 2.62. The topological polar surface area (TPSA) is 55.1 Å². The molecule has 19 heavy (non-hydrogen) atoms. The molecule has 1 heterocycles. The van der Waals surface area contributed by atoms with Crippen LogP contribution in [0.1, 0.15) is 40.6 Å². The minimum atomic E-state index is -0.348. The van der Waals surface area contributed by atoms with Gasteiger partial charge >= 0.3 is 0 Å². The zero-order valence-electron chi connectivity index (χ0n) is 10.2. The second kappa shape index (κ2) is 4.84. The molecule has 0 atom stereocenters. The Morgan fingerprint density at radius 3 is 2.95 bits per heavy atom. The van der Waals surface area contributed by atoms with Crippen molar-refractivity contribution in [2.24, 2.45) is 0 Å². The summed E-state index contributed by atoms with van der Waals surface area (Å²) >= 11 is 0. The van der Waals surface area contributed by atoms with E-state index in [-0.39, 0.29) is 24.0 Å². The van der Waals surface area contributed by atoms with Crippen molar-refractivity contribution in [2.75, 3.05) is 0 Å². The average Bonchev–Trinajstić information content (AvgIpc) is 3.15. The van der Waals surface area contributed by atoms with Crippen LogP contribution in [0, 0.1) is 5.82 Å². The van der Waals surface area contributed by atoms with Gasteiger partial charge in [-0.15, -0.1) is 0 Å². The third-order valence-corrected chi connectivity index (χ3v) is 3.14.